The van der Waals surface area contributed by atoms with E-state index in [0.29, 0.717) is 30.6 Å². The predicted molar refractivity (Wildman–Crippen MR) is 266 cm³/mol. The number of hydrogen-bond donors (Lipinski definition) is 4. The fourth-order valence-electron chi connectivity index (χ4n) is 8.30. The average Bonchev–Trinajstić information content (AvgIpc) is 3.91. The third-order valence-corrected chi connectivity index (χ3v) is 11.4. The number of amides is 5. The molecule has 0 radical (unpaired) electrons. The zero-order valence-corrected chi connectivity index (χ0v) is 42.3. The summed E-state index contributed by atoms with van der Waals surface area (Å²) >= 11 is 0. The summed E-state index contributed by atoms with van der Waals surface area (Å²) in [7, 11) is 0. The normalized spacial score (nSPS) is 15.8. The molecule has 380 valence electrons. The molecule has 70 heavy (non-hydrogen) atoms. The Balaban J connectivity index is 1.30. The highest BCUT2D eigenvalue weighted by Crippen LogP contribution is 2.44. The summed E-state index contributed by atoms with van der Waals surface area (Å²) in [6, 6.07) is 18.6. The van der Waals surface area contributed by atoms with Crippen LogP contribution in [0.1, 0.15) is 117 Å². The minimum atomic E-state index is -1.28. The van der Waals surface area contributed by atoms with Gasteiger partial charge in [0.2, 0.25) is 17.7 Å². The highest BCUT2D eigenvalue weighted by molar-refractivity contribution is 5.95. The third kappa shape index (κ3) is 16.6. The molecule has 0 spiro atoms. The number of fused-ring (bicyclic) bond motifs is 3. The van der Waals surface area contributed by atoms with Gasteiger partial charge in [-0.1, -0.05) is 73.3 Å². The van der Waals surface area contributed by atoms with Gasteiger partial charge in [-0.25, -0.2) is 14.4 Å². The number of esters is 1. The van der Waals surface area contributed by atoms with Crippen molar-refractivity contribution < 1.29 is 52.5 Å². The minimum absolute atomic E-state index is 0.0287. The minimum Gasteiger partial charge on any atom is -0.488 e. The van der Waals surface area contributed by atoms with E-state index in [2.05, 4.69) is 27.8 Å². The van der Waals surface area contributed by atoms with Crippen LogP contribution in [0.5, 0.6) is 5.75 Å². The maximum absolute atomic E-state index is 14.6. The van der Waals surface area contributed by atoms with Crippen LogP contribution < -0.4 is 26.0 Å². The van der Waals surface area contributed by atoms with Gasteiger partial charge in [-0.15, -0.1) is 0 Å². The molecule has 0 saturated carbocycles. The second-order valence-electron chi connectivity index (χ2n) is 20.7. The fraction of sp³-hybridized carbons (Fsp3) is 0.519. The molecule has 16 nitrogen and oxygen atoms in total. The van der Waals surface area contributed by atoms with Crippen molar-refractivity contribution in [1.82, 2.24) is 26.2 Å². The molecular weight excluding hydrogens is 895 g/mol. The smallest absolute Gasteiger partial charge is 0.407 e. The Kier molecular flexibility index (Phi) is 19.0. The van der Waals surface area contributed by atoms with Crippen LogP contribution in [0, 0.1) is 0 Å². The van der Waals surface area contributed by atoms with Crippen LogP contribution >= 0.6 is 0 Å². The molecule has 2 aliphatic rings. The lowest BCUT2D eigenvalue weighted by atomic mass is 9.98. The molecule has 1 fully saturated rings. The van der Waals surface area contributed by atoms with Crippen molar-refractivity contribution in [1.29, 1.82) is 0 Å². The summed E-state index contributed by atoms with van der Waals surface area (Å²) < 4.78 is 28.5. The molecule has 1 aliphatic carbocycles. The quantitative estimate of drug-likeness (QED) is 0.0357. The van der Waals surface area contributed by atoms with Crippen LogP contribution in [-0.4, -0.2) is 115 Å². The number of benzene rings is 3. The van der Waals surface area contributed by atoms with Gasteiger partial charge in [-0.3, -0.25) is 14.4 Å². The van der Waals surface area contributed by atoms with Gasteiger partial charge in [0.25, 0.3) is 0 Å². The van der Waals surface area contributed by atoms with E-state index in [1.54, 1.807) is 65.8 Å². The zero-order chi connectivity index (χ0) is 51.2. The van der Waals surface area contributed by atoms with E-state index < -0.39 is 76.8 Å². The molecule has 3 aromatic carbocycles. The van der Waals surface area contributed by atoms with Crippen molar-refractivity contribution in [3.63, 3.8) is 0 Å². The molecule has 3 aromatic rings. The highest BCUT2D eigenvalue weighted by atomic mass is 16.6. The number of carbonyl (C=O) groups is 6. The van der Waals surface area contributed by atoms with Crippen molar-refractivity contribution in [2.75, 3.05) is 32.9 Å². The van der Waals surface area contributed by atoms with Crippen molar-refractivity contribution in [3.05, 3.63) is 102 Å². The molecule has 4 N–H and O–H groups in total. The molecule has 16 heteroatoms. The van der Waals surface area contributed by atoms with Gasteiger partial charge in [0.15, 0.2) is 0 Å². The Labute approximate surface area is 412 Å². The monoisotopic (exact) mass is 968 g/mol. The van der Waals surface area contributed by atoms with Gasteiger partial charge in [0.1, 0.15) is 54.3 Å². The largest absolute Gasteiger partial charge is 0.488 e. The summed E-state index contributed by atoms with van der Waals surface area (Å²) in [5, 5.41) is 11.1. The number of likely N-dealkylation sites (tertiary alicyclic amines) is 1. The number of alkyl carbamates (subject to hydrolysis) is 2. The average molecular weight is 968 g/mol. The first-order chi connectivity index (χ1) is 33.0. The van der Waals surface area contributed by atoms with E-state index in [-0.39, 0.29) is 58.1 Å². The zero-order valence-electron chi connectivity index (χ0n) is 42.3. The molecule has 5 rings (SSSR count). The Morgan fingerprint density at radius 2 is 1.37 bits per heavy atom. The molecular formula is C54H73N5O11. The Morgan fingerprint density at radius 3 is 1.97 bits per heavy atom. The van der Waals surface area contributed by atoms with Crippen LogP contribution in [-0.2, 0) is 44.5 Å². The van der Waals surface area contributed by atoms with Gasteiger partial charge in [0, 0.05) is 25.4 Å². The topological polar surface area (TPSA) is 200 Å². The van der Waals surface area contributed by atoms with Crippen molar-refractivity contribution in [2.45, 2.75) is 148 Å². The van der Waals surface area contributed by atoms with E-state index in [1.165, 1.54) is 11.0 Å². The number of unbranched alkanes of at least 4 members (excludes halogenated alkanes) is 1. The van der Waals surface area contributed by atoms with Gasteiger partial charge in [-0.05, 0) is 134 Å². The van der Waals surface area contributed by atoms with Crippen LogP contribution in [0.4, 0.5) is 9.59 Å². The number of carbonyl (C=O) groups excluding carboxylic acids is 6. The summed E-state index contributed by atoms with van der Waals surface area (Å²) in [5.74, 6) is -2.07. The van der Waals surface area contributed by atoms with Crippen LogP contribution in [0.3, 0.4) is 0 Å². The van der Waals surface area contributed by atoms with E-state index in [4.69, 9.17) is 23.7 Å². The van der Waals surface area contributed by atoms with E-state index in [1.807, 2.05) is 69.3 Å². The number of nitrogens with one attached hydrogen (secondary N) is 4. The first-order valence-corrected chi connectivity index (χ1v) is 24.2. The second kappa shape index (κ2) is 24.4. The Morgan fingerprint density at radius 1 is 0.729 bits per heavy atom. The molecule has 0 bridgehead atoms. The number of nitrogens with zero attached hydrogens (tertiary/aromatic N) is 1. The molecule has 5 amide bonds. The molecule has 1 heterocycles. The molecule has 0 unspecified atom stereocenters. The summed E-state index contributed by atoms with van der Waals surface area (Å²) in [6.07, 6.45) is 1.94. The van der Waals surface area contributed by atoms with Crippen LogP contribution in [0.15, 0.2) is 85.5 Å². The summed E-state index contributed by atoms with van der Waals surface area (Å²) in [4.78, 5) is 83.9. The number of ether oxygens (including phenoxy) is 5. The third-order valence-electron chi connectivity index (χ3n) is 11.4. The maximum Gasteiger partial charge on any atom is 0.407 e. The number of rotatable bonds is 21. The van der Waals surface area contributed by atoms with Gasteiger partial charge in [0.05, 0.1) is 12.2 Å². The fourth-order valence-corrected chi connectivity index (χ4v) is 8.30. The van der Waals surface area contributed by atoms with Gasteiger partial charge in [-0.2, -0.15) is 0 Å². The molecule has 1 saturated heterocycles. The first-order valence-electron chi connectivity index (χ1n) is 24.2. The van der Waals surface area contributed by atoms with Crippen molar-refractivity contribution in [2.24, 2.45) is 0 Å². The standard InChI is InChI=1S/C54H73N5O11/c1-11-31-66-49(63)43(32-35-25-27-36(28-26-35)69-53(5,6)7)56-46(60)44(34-68-52(2,3)4)57-47(61)45-24-18-30-59(45)48(62)42(23-16-17-29-55-50(64)70-54(8,9)10)58-51(65)67-33-41-39-21-14-12-19-37(39)38-20-13-15-22-40(38)41/h11-15,19-22,25-28,41-45H,1,16-18,23-24,29-34H2,2-10H3,(H,55,64)(H,56,60)(H,57,61)(H,58,65)/t42-,43-,44-,45-/m0/s1. The van der Waals surface area contributed by atoms with Crippen molar-refractivity contribution in [3.8, 4) is 16.9 Å². The van der Waals surface area contributed by atoms with Crippen molar-refractivity contribution >= 4 is 35.9 Å². The molecule has 1 aliphatic heterocycles. The summed E-state index contributed by atoms with van der Waals surface area (Å²) in [5.41, 5.74) is 3.13. The SMILES string of the molecule is C=CCOC(=O)[C@H](Cc1ccc(OC(C)(C)C)cc1)NC(=O)[C@H](COC(C)(C)C)NC(=O)[C@@H]1CCCN1C(=O)[C@H](CCCCNC(=O)OC(C)(C)C)NC(=O)OCC1c2ccccc2-c2ccccc21. The summed E-state index contributed by atoms with van der Waals surface area (Å²) in [6.45, 7) is 20.3. The molecule has 4 atom stereocenters. The lowest BCUT2D eigenvalue weighted by molar-refractivity contribution is -0.147. The van der Waals surface area contributed by atoms with Gasteiger partial charge >= 0.3 is 18.2 Å². The highest BCUT2D eigenvalue weighted by Gasteiger charge is 2.40. The van der Waals surface area contributed by atoms with Gasteiger partial charge < -0.3 is 49.9 Å². The first kappa shape index (κ1) is 54.5. The predicted octanol–water partition coefficient (Wildman–Crippen LogP) is 7.51. The van der Waals surface area contributed by atoms with E-state index >= 15 is 0 Å². The lowest BCUT2D eigenvalue weighted by Gasteiger charge is -2.31. The molecule has 0 aromatic heterocycles. The van der Waals surface area contributed by atoms with E-state index in [9.17, 15) is 28.8 Å². The second-order valence-corrected chi connectivity index (χ2v) is 20.7. The Bertz CT molecular complexity index is 2250. The number of hydrogen-bond acceptors (Lipinski definition) is 11. The Hall–Kier alpha value is -6.42. The van der Waals surface area contributed by atoms with Crippen LogP contribution in [0.25, 0.3) is 11.1 Å². The maximum atomic E-state index is 14.6. The lowest BCUT2D eigenvalue weighted by Crippen LogP contribution is -2.59. The van der Waals surface area contributed by atoms with E-state index in [0.717, 1.165) is 22.3 Å². The van der Waals surface area contributed by atoms with Crippen LogP contribution in [0.2, 0.25) is 0 Å².